The molecule has 8 heteroatoms. The number of hydrogen-bond acceptors (Lipinski definition) is 7. The highest BCUT2D eigenvalue weighted by Crippen LogP contribution is 2.49. The number of fused-ring (bicyclic) bond motifs is 1. The van der Waals surface area contributed by atoms with Crippen LogP contribution in [0.25, 0.3) is 11.1 Å². The van der Waals surface area contributed by atoms with Gasteiger partial charge in [-0.05, 0) is 85.8 Å². The number of allylic oxidation sites excluding steroid dienone is 1. The van der Waals surface area contributed by atoms with Gasteiger partial charge in [-0.3, -0.25) is 9.11 Å². The Kier molecular flexibility index (Phi) is 7.98. The van der Waals surface area contributed by atoms with E-state index in [2.05, 4.69) is 18.7 Å². The van der Waals surface area contributed by atoms with Gasteiger partial charge in [0.1, 0.15) is 35.7 Å². The van der Waals surface area contributed by atoms with E-state index in [1.165, 1.54) is 12.5 Å². The number of benzene rings is 3. The lowest BCUT2D eigenvalue weighted by molar-refractivity contribution is 0.169. The van der Waals surface area contributed by atoms with Crippen molar-refractivity contribution in [2.24, 2.45) is 5.92 Å². The average Bonchev–Trinajstić information content (AvgIpc) is 3.35. The molecule has 2 aliphatic rings. The second-order valence-electron chi connectivity index (χ2n) is 10.6. The summed E-state index contributed by atoms with van der Waals surface area (Å²) >= 11 is -2.40. The Labute approximate surface area is 232 Å². The van der Waals surface area contributed by atoms with Crippen molar-refractivity contribution in [3.8, 4) is 23.0 Å². The van der Waals surface area contributed by atoms with Gasteiger partial charge in [0.15, 0.2) is 0 Å². The van der Waals surface area contributed by atoms with Crippen LogP contribution in [-0.2, 0) is 16.8 Å². The fourth-order valence-electron chi connectivity index (χ4n) is 5.61. The van der Waals surface area contributed by atoms with E-state index in [-0.39, 0.29) is 17.3 Å². The van der Waals surface area contributed by atoms with Crippen LogP contribution in [0.4, 0.5) is 0 Å². The van der Waals surface area contributed by atoms with Crippen molar-refractivity contribution in [2.75, 3.05) is 19.7 Å². The zero-order valence-corrected chi connectivity index (χ0v) is 23.2. The van der Waals surface area contributed by atoms with Crippen molar-refractivity contribution in [1.82, 2.24) is 4.90 Å². The van der Waals surface area contributed by atoms with Crippen LogP contribution in [0.3, 0.4) is 0 Å². The Bertz CT molecular complexity index is 1400. The average molecular weight is 549 g/mol. The summed E-state index contributed by atoms with van der Waals surface area (Å²) in [6, 6.07) is 18.2. The quantitative estimate of drug-likeness (QED) is 0.351. The van der Waals surface area contributed by atoms with Crippen LogP contribution in [-0.4, -0.2) is 49.6 Å². The van der Waals surface area contributed by atoms with E-state index in [0.717, 1.165) is 47.0 Å². The molecule has 7 nitrogen and oxygen atoms in total. The molecule has 0 saturated carbocycles. The highest BCUT2D eigenvalue weighted by molar-refractivity contribution is 7.78. The number of likely N-dealkylation sites (tertiary alicyclic amines) is 1. The Hall–Kier alpha value is -3.33. The third kappa shape index (κ3) is 5.83. The molecule has 0 bridgehead atoms. The molecule has 2 heterocycles. The van der Waals surface area contributed by atoms with Crippen molar-refractivity contribution >= 4 is 22.2 Å². The zero-order chi connectivity index (χ0) is 27.7. The maximum Gasteiger partial charge on any atom is 0.150 e. The smallest absolute Gasteiger partial charge is 0.150 e. The highest BCUT2D eigenvalue weighted by atomic mass is 32.2. The summed E-state index contributed by atoms with van der Waals surface area (Å²) in [7, 11) is 0. The predicted molar refractivity (Wildman–Crippen MR) is 151 cm³/mol. The minimum Gasteiger partial charge on any atom is -0.772 e. The standard InChI is InChI=1S/C31H35NO6S/c1-19-13-14-32(16-19)20(2)17-37-25-9-7-22(8-10-25)31-29(23-5-4-6-24(33)15-23)21(3)30-26(18-39(35)36)27(34)11-12-28(30)38-31/h4-12,15,19-20,31,33-34H,13-14,16-18H2,1-3H3,(H,35,36)/p-1/t19-,20+,31?/m1/s1. The van der Waals surface area contributed by atoms with Gasteiger partial charge in [-0.2, -0.15) is 0 Å². The van der Waals surface area contributed by atoms with Gasteiger partial charge in [-0.25, -0.2) is 0 Å². The lowest BCUT2D eigenvalue weighted by atomic mass is 9.84. The third-order valence-corrected chi connectivity index (χ3v) is 8.23. The summed E-state index contributed by atoms with van der Waals surface area (Å²) < 4.78 is 35.8. The molecule has 4 atom stereocenters. The molecule has 0 spiro atoms. The first-order valence-corrected chi connectivity index (χ1v) is 14.5. The molecule has 5 rings (SSSR count). The number of phenols is 2. The van der Waals surface area contributed by atoms with E-state index < -0.39 is 17.2 Å². The number of aromatic hydroxyl groups is 2. The summed E-state index contributed by atoms with van der Waals surface area (Å²) in [5.41, 5.74) is 4.03. The van der Waals surface area contributed by atoms with Crippen LogP contribution in [0.2, 0.25) is 0 Å². The summed E-state index contributed by atoms with van der Waals surface area (Å²) in [5, 5.41) is 20.7. The van der Waals surface area contributed by atoms with Crippen LogP contribution in [0, 0.1) is 5.92 Å². The van der Waals surface area contributed by atoms with E-state index in [0.29, 0.717) is 29.5 Å². The van der Waals surface area contributed by atoms with Gasteiger partial charge in [0.25, 0.3) is 0 Å². The lowest BCUT2D eigenvalue weighted by Gasteiger charge is -2.32. The fraction of sp³-hybridized carbons (Fsp3) is 0.355. The summed E-state index contributed by atoms with van der Waals surface area (Å²) in [4.78, 5) is 2.47. The van der Waals surface area contributed by atoms with Crippen molar-refractivity contribution in [1.29, 1.82) is 0 Å². The zero-order valence-electron chi connectivity index (χ0n) is 22.4. The summed E-state index contributed by atoms with van der Waals surface area (Å²) in [6.45, 7) is 9.20. The molecule has 1 fully saturated rings. The first-order valence-electron chi connectivity index (χ1n) is 13.3. The summed E-state index contributed by atoms with van der Waals surface area (Å²) in [5.74, 6) is 1.67. The molecule has 1 saturated heterocycles. The molecule has 0 aromatic heterocycles. The predicted octanol–water partition coefficient (Wildman–Crippen LogP) is 5.65. The SMILES string of the molecule is CC1=C(c2cccc(O)c2)C(c2ccc(OC[C@H](C)N3CC[C@@H](C)C3)cc2)Oc2ccc(O)c(CS(=O)[O-])c21. The van der Waals surface area contributed by atoms with Crippen molar-refractivity contribution in [3.63, 3.8) is 0 Å². The van der Waals surface area contributed by atoms with E-state index in [1.54, 1.807) is 24.3 Å². The van der Waals surface area contributed by atoms with Crippen LogP contribution in [0.5, 0.6) is 23.0 Å². The molecule has 0 amide bonds. The molecule has 3 aromatic rings. The van der Waals surface area contributed by atoms with Gasteiger partial charge >= 0.3 is 0 Å². The molecule has 0 radical (unpaired) electrons. The first kappa shape index (κ1) is 27.2. The van der Waals surface area contributed by atoms with Gasteiger partial charge in [0, 0.05) is 35.0 Å². The molecule has 2 unspecified atom stereocenters. The number of ether oxygens (including phenoxy) is 2. The van der Waals surface area contributed by atoms with Crippen LogP contribution in [0.1, 0.15) is 55.5 Å². The minimum absolute atomic E-state index is 0.103. The van der Waals surface area contributed by atoms with E-state index in [4.69, 9.17) is 9.47 Å². The van der Waals surface area contributed by atoms with E-state index >= 15 is 0 Å². The van der Waals surface area contributed by atoms with Crippen molar-refractivity contribution < 1.29 is 28.4 Å². The third-order valence-electron chi connectivity index (χ3n) is 7.71. The molecular formula is C31H34NO6S-. The Morgan fingerprint density at radius 1 is 1.15 bits per heavy atom. The fourth-order valence-corrected chi connectivity index (χ4v) is 6.14. The maximum atomic E-state index is 11.6. The second kappa shape index (κ2) is 11.4. The maximum absolute atomic E-state index is 11.6. The Balaban J connectivity index is 1.47. The molecule has 2 aliphatic heterocycles. The van der Waals surface area contributed by atoms with Gasteiger partial charge in [0.2, 0.25) is 0 Å². The van der Waals surface area contributed by atoms with Crippen molar-refractivity contribution in [2.45, 2.75) is 45.1 Å². The number of hydrogen-bond donors (Lipinski definition) is 2. The van der Waals surface area contributed by atoms with Crippen LogP contribution in [0.15, 0.2) is 60.7 Å². The van der Waals surface area contributed by atoms with Crippen LogP contribution >= 0.6 is 0 Å². The molecule has 3 aromatic carbocycles. The molecule has 0 aliphatic carbocycles. The highest BCUT2D eigenvalue weighted by Gasteiger charge is 2.32. The summed E-state index contributed by atoms with van der Waals surface area (Å²) in [6.07, 6.45) is 0.710. The Morgan fingerprint density at radius 3 is 2.59 bits per heavy atom. The molecular weight excluding hydrogens is 514 g/mol. The van der Waals surface area contributed by atoms with Gasteiger partial charge in [-0.15, -0.1) is 0 Å². The van der Waals surface area contributed by atoms with Gasteiger partial charge in [-0.1, -0.05) is 42.3 Å². The van der Waals surface area contributed by atoms with Crippen LogP contribution < -0.4 is 9.47 Å². The largest absolute Gasteiger partial charge is 0.772 e. The van der Waals surface area contributed by atoms with E-state index in [1.807, 2.05) is 37.3 Å². The number of nitrogens with zero attached hydrogens (tertiary/aromatic N) is 1. The number of rotatable bonds is 8. The normalized spacial score (nSPS) is 20.8. The molecule has 206 valence electrons. The molecule has 39 heavy (non-hydrogen) atoms. The minimum atomic E-state index is -2.40. The molecule has 2 N–H and O–H groups in total. The second-order valence-corrected chi connectivity index (χ2v) is 11.5. The first-order chi connectivity index (χ1) is 18.7. The lowest BCUT2D eigenvalue weighted by Crippen LogP contribution is -2.35. The van der Waals surface area contributed by atoms with Gasteiger partial charge < -0.3 is 24.2 Å². The van der Waals surface area contributed by atoms with Crippen molar-refractivity contribution in [3.05, 3.63) is 82.9 Å². The van der Waals surface area contributed by atoms with Gasteiger partial charge in [0.05, 0.1) is 0 Å². The topological polar surface area (TPSA) is 102 Å². The number of phenolic OH excluding ortho intramolecular Hbond substituents is 2. The van der Waals surface area contributed by atoms with E-state index in [9.17, 15) is 19.0 Å². The Morgan fingerprint density at radius 2 is 1.92 bits per heavy atom. The monoisotopic (exact) mass is 548 g/mol.